The molecular formula is C16H14N2O2. The molecule has 0 saturated heterocycles. The van der Waals surface area contributed by atoms with Crippen LogP contribution < -0.4 is 5.73 Å². The third-order valence-corrected chi connectivity index (χ3v) is 3.23. The zero-order chi connectivity index (χ0) is 13.9. The van der Waals surface area contributed by atoms with E-state index in [1.165, 1.54) is 0 Å². The molecule has 2 aromatic heterocycles. The number of hydrogen-bond donors (Lipinski definition) is 1. The minimum absolute atomic E-state index is 0.0546. The molecule has 4 heteroatoms. The van der Waals surface area contributed by atoms with Crippen molar-refractivity contribution in [2.24, 2.45) is 5.73 Å². The number of ketones is 1. The second-order valence-corrected chi connectivity index (χ2v) is 4.56. The van der Waals surface area contributed by atoms with E-state index < -0.39 is 0 Å². The lowest BCUT2D eigenvalue weighted by Crippen LogP contribution is -2.03. The predicted molar refractivity (Wildman–Crippen MR) is 76.4 cm³/mol. The molecule has 4 nitrogen and oxygen atoms in total. The Morgan fingerprint density at radius 1 is 1.15 bits per heavy atom. The fourth-order valence-corrected chi connectivity index (χ4v) is 2.21. The van der Waals surface area contributed by atoms with Gasteiger partial charge in [-0.3, -0.25) is 9.78 Å². The quantitative estimate of drug-likeness (QED) is 0.737. The Morgan fingerprint density at radius 3 is 2.80 bits per heavy atom. The summed E-state index contributed by atoms with van der Waals surface area (Å²) in [5, 5.41) is 0.994. The van der Waals surface area contributed by atoms with Gasteiger partial charge in [0.05, 0.1) is 12.1 Å². The molecule has 100 valence electrons. The Kier molecular flexibility index (Phi) is 3.31. The molecule has 2 heterocycles. The average molecular weight is 266 g/mol. The van der Waals surface area contributed by atoms with Crippen LogP contribution in [0, 0.1) is 0 Å². The number of para-hydroxylation sites is 1. The number of benzene rings is 1. The molecule has 0 radical (unpaired) electrons. The highest BCUT2D eigenvalue weighted by Gasteiger charge is 2.13. The molecule has 0 aliphatic carbocycles. The Bertz CT molecular complexity index is 757. The van der Waals surface area contributed by atoms with Gasteiger partial charge < -0.3 is 10.2 Å². The van der Waals surface area contributed by atoms with Crippen molar-refractivity contribution in [3.05, 3.63) is 65.7 Å². The van der Waals surface area contributed by atoms with Crippen LogP contribution in [0.3, 0.4) is 0 Å². The van der Waals surface area contributed by atoms with E-state index in [4.69, 9.17) is 10.2 Å². The number of nitrogens with two attached hydrogens (primary N) is 1. The molecule has 2 N–H and O–H groups in total. The van der Waals surface area contributed by atoms with E-state index in [0.29, 0.717) is 24.5 Å². The van der Waals surface area contributed by atoms with Crippen molar-refractivity contribution in [3.8, 4) is 0 Å². The number of Topliss-reactive ketones (excluding diaryl/α,β-unsaturated/α-hetero) is 1. The zero-order valence-electron chi connectivity index (χ0n) is 10.9. The standard InChI is InChI=1S/C16H14N2O2/c17-10-12-5-6-16(20-12)15(19)9-11-7-8-18-14-4-2-1-3-13(11)14/h1-8H,9-10,17H2. The van der Waals surface area contributed by atoms with Crippen LogP contribution >= 0.6 is 0 Å². The van der Waals surface area contributed by atoms with Crippen LogP contribution in [0.1, 0.15) is 21.9 Å². The summed E-state index contributed by atoms with van der Waals surface area (Å²) in [6, 6.07) is 13.1. The highest BCUT2D eigenvalue weighted by atomic mass is 16.3. The Balaban J connectivity index is 1.91. The van der Waals surface area contributed by atoms with Gasteiger partial charge in [0.25, 0.3) is 0 Å². The van der Waals surface area contributed by atoms with Crippen molar-refractivity contribution < 1.29 is 9.21 Å². The normalized spacial score (nSPS) is 10.8. The number of pyridine rings is 1. The molecule has 20 heavy (non-hydrogen) atoms. The van der Waals surface area contributed by atoms with Crippen LogP contribution in [0.2, 0.25) is 0 Å². The van der Waals surface area contributed by atoms with Crippen LogP contribution in [0.5, 0.6) is 0 Å². The van der Waals surface area contributed by atoms with Crippen molar-refractivity contribution in [2.75, 3.05) is 0 Å². The van der Waals surface area contributed by atoms with Crippen LogP contribution in [0.4, 0.5) is 0 Å². The maximum Gasteiger partial charge on any atom is 0.202 e. The first kappa shape index (κ1) is 12.6. The minimum atomic E-state index is -0.0546. The summed E-state index contributed by atoms with van der Waals surface area (Å²) in [5.41, 5.74) is 7.32. The first-order valence-corrected chi connectivity index (χ1v) is 6.42. The zero-order valence-corrected chi connectivity index (χ0v) is 10.9. The van der Waals surface area contributed by atoms with Crippen LogP contribution in [0.25, 0.3) is 10.9 Å². The Morgan fingerprint density at radius 2 is 2.00 bits per heavy atom. The van der Waals surface area contributed by atoms with Crippen LogP contribution in [0.15, 0.2) is 53.1 Å². The first-order chi connectivity index (χ1) is 9.78. The lowest BCUT2D eigenvalue weighted by Gasteiger charge is -2.04. The predicted octanol–water partition coefficient (Wildman–Crippen LogP) is 2.71. The molecule has 3 aromatic rings. The van der Waals surface area contributed by atoms with Gasteiger partial charge in [0.1, 0.15) is 5.76 Å². The number of carbonyl (C=O) groups excluding carboxylic acids is 1. The van der Waals surface area contributed by atoms with E-state index >= 15 is 0 Å². The number of nitrogens with zero attached hydrogens (tertiary/aromatic N) is 1. The summed E-state index contributed by atoms with van der Waals surface area (Å²) in [7, 11) is 0. The molecule has 0 bridgehead atoms. The summed E-state index contributed by atoms with van der Waals surface area (Å²) >= 11 is 0. The summed E-state index contributed by atoms with van der Waals surface area (Å²) < 4.78 is 5.39. The molecule has 0 spiro atoms. The summed E-state index contributed by atoms with van der Waals surface area (Å²) in [5.74, 6) is 0.917. The third kappa shape index (κ3) is 2.33. The van der Waals surface area contributed by atoms with Gasteiger partial charge in [-0.15, -0.1) is 0 Å². The molecule has 1 aromatic carbocycles. The van der Waals surface area contributed by atoms with E-state index in [0.717, 1.165) is 16.5 Å². The largest absolute Gasteiger partial charge is 0.457 e. The fourth-order valence-electron chi connectivity index (χ4n) is 2.21. The van der Waals surface area contributed by atoms with Crippen molar-refractivity contribution in [2.45, 2.75) is 13.0 Å². The van der Waals surface area contributed by atoms with Gasteiger partial charge in [-0.05, 0) is 29.8 Å². The van der Waals surface area contributed by atoms with Gasteiger partial charge in [0.15, 0.2) is 5.76 Å². The highest BCUT2D eigenvalue weighted by Crippen LogP contribution is 2.19. The summed E-state index contributed by atoms with van der Waals surface area (Å²) in [4.78, 5) is 16.5. The number of aromatic nitrogens is 1. The van der Waals surface area contributed by atoms with Gasteiger partial charge >= 0.3 is 0 Å². The number of fused-ring (bicyclic) bond motifs is 1. The molecule has 0 atom stereocenters. The van der Waals surface area contributed by atoms with Gasteiger partial charge in [-0.1, -0.05) is 18.2 Å². The van der Waals surface area contributed by atoms with Crippen molar-refractivity contribution in [1.82, 2.24) is 4.98 Å². The first-order valence-electron chi connectivity index (χ1n) is 6.42. The maximum atomic E-state index is 12.2. The summed E-state index contributed by atoms with van der Waals surface area (Å²) in [6.07, 6.45) is 2.01. The van der Waals surface area contributed by atoms with Crippen LogP contribution in [-0.4, -0.2) is 10.8 Å². The number of rotatable bonds is 4. The monoisotopic (exact) mass is 266 g/mol. The maximum absolute atomic E-state index is 12.2. The molecule has 0 saturated carbocycles. The van der Waals surface area contributed by atoms with Gasteiger partial charge in [-0.25, -0.2) is 0 Å². The lowest BCUT2D eigenvalue weighted by molar-refractivity contribution is 0.0965. The second kappa shape index (κ2) is 5.27. The molecule has 0 fully saturated rings. The lowest BCUT2D eigenvalue weighted by atomic mass is 10.0. The van der Waals surface area contributed by atoms with Crippen molar-refractivity contribution in [3.63, 3.8) is 0 Å². The SMILES string of the molecule is NCc1ccc(C(=O)Cc2ccnc3ccccc23)o1. The van der Waals surface area contributed by atoms with Crippen molar-refractivity contribution in [1.29, 1.82) is 0 Å². The van der Waals surface area contributed by atoms with Gasteiger partial charge in [0, 0.05) is 18.0 Å². The smallest absolute Gasteiger partial charge is 0.202 e. The number of hydrogen-bond acceptors (Lipinski definition) is 4. The van der Waals surface area contributed by atoms with E-state index in [2.05, 4.69) is 4.98 Å². The topological polar surface area (TPSA) is 69.1 Å². The summed E-state index contributed by atoms with van der Waals surface area (Å²) in [6.45, 7) is 0.297. The minimum Gasteiger partial charge on any atom is -0.457 e. The molecule has 3 rings (SSSR count). The Labute approximate surface area is 116 Å². The average Bonchev–Trinajstić information content (AvgIpc) is 2.97. The van der Waals surface area contributed by atoms with Crippen molar-refractivity contribution >= 4 is 16.7 Å². The molecule has 0 amide bonds. The van der Waals surface area contributed by atoms with Gasteiger partial charge in [-0.2, -0.15) is 0 Å². The molecular weight excluding hydrogens is 252 g/mol. The van der Waals surface area contributed by atoms with E-state index in [1.54, 1.807) is 18.3 Å². The van der Waals surface area contributed by atoms with E-state index in [-0.39, 0.29) is 5.78 Å². The fraction of sp³-hybridized carbons (Fsp3) is 0.125. The highest BCUT2D eigenvalue weighted by molar-refractivity contribution is 5.97. The van der Waals surface area contributed by atoms with Crippen LogP contribution in [-0.2, 0) is 13.0 Å². The molecule has 0 unspecified atom stereocenters. The molecule has 0 aliphatic heterocycles. The molecule has 0 aliphatic rings. The van der Waals surface area contributed by atoms with Gasteiger partial charge in [0.2, 0.25) is 5.78 Å². The second-order valence-electron chi connectivity index (χ2n) is 4.56. The Hall–Kier alpha value is -2.46. The van der Waals surface area contributed by atoms with E-state index in [9.17, 15) is 4.79 Å². The number of furan rings is 1. The third-order valence-electron chi connectivity index (χ3n) is 3.23. The number of carbonyl (C=O) groups is 1. The van der Waals surface area contributed by atoms with E-state index in [1.807, 2.05) is 30.3 Å².